The van der Waals surface area contributed by atoms with E-state index in [1.54, 1.807) is 36.1 Å². The van der Waals surface area contributed by atoms with Crippen LogP contribution < -0.4 is 10.2 Å². The Labute approximate surface area is 197 Å². The molecule has 0 saturated carbocycles. The molecule has 0 aromatic heterocycles. The van der Waals surface area contributed by atoms with Gasteiger partial charge in [0.25, 0.3) is 11.8 Å². The summed E-state index contributed by atoms with van der Waals surface area (Å²) in [6.45, 7) is 6.26. The van der Waals surface area contributed by atoms with Crippen molar-refractivity contribution in [2.45, 2.75) is 32.1 Å². The number of nitrogens with one attached hydrogen (secondary N) is 1. The molecule has 4 rings (SSSR count). The zero-order valence-corrected chi connectivity index (χ0v) is 19.2. The number of hydrogen-bond acceptors (Lipinski definition) is 6. The predicted octanol–water partition coefficient (Wildman–Crippen LogP) is 2.30. The fourth-order valence-electron chi connectivity index (χ4n) is 4.01. The van der Waals surface area contributed by atoms with Gasteiger partial charge in [-0.2, -0.15) is 0 Å². The molecule has 9 heteroatoms. The number of anilines is 1. The Morgan fingerprint density at radius 3 is 2.29 bits per heavy atom. The number of amides is 2. The molecule has 8 nitrogen and oxygen atoms in total. The van der Waals surface area contributed by atoms with Gasteiger partial charge >= 0.3 is 5.97 Å². The van der Waals surface area contributed by atoms with Crippen LogP contribution in [0.5, 0.6) is 0 Å². The van der Waals surface area contributed by atoms with Gasteiger partial charge in [-0.15, -0.1) is 0 Å². The van der Waals surface area contributed by atoms with Crippen LogP contribution in [0.1, 0.15) is 35.8 Å². The molecule has 2 heterocycles. The molecule has 2 aromatic carbocycles. The average Bonchev–Trinajstić information content (AvgIpc) is 3.66. The highest BCUT2D eigenvalue weighted by Crippen LogP contribution is 2.25. The summed E-state index contributed by atoms with van der Waals surface area (Å²) in [4.78, 5) is 40.8. The van der Waals surface area contributed by atoms with E-state index in [4.69, 9.17) is 9.47 Å². The van der Waals surface area contributed by atoms with Crippen LogP contribution in [0.4, 0.5) is 10.1 Å². The lowest BCUT2D eigenvalue weighted by molar-refractivity contribution is -0.144. The number of piperazine rings is 1. The largest absolute Gasteiger partial charge is 0.464 e. The summed E-state index contributed by atoms with van der Waals surface area (Å²) in [5.74, 6) is -1.22. The molecule has 2 aliphatic heterocycles. The zero-order chi connectivity index (χ0) is 24.2. The highest BCUT2D eigenvalue weighted by molar-refractivity contribution is 5.94. The molecule has 180 valence electrons. The van der Waals surface area contributed by atoms with Crippen LogP contribution in [-0.2, 0) is 19.1 Å². The smallest absolute Gasteiger partial charge is 0.338 e. The Bertz CT molecular complexity index is 1040. The van der Waals surface area contributed by atoms with Crippen LogP contribution in [0, 0.1) is 5.82 Å². The van der Waals surface area contributed by atoms with E-state index in [9.17, 15) is 18.8 Å². The summed E-state index contributed by atoms with van der Waals surface area (Å²) in [6, 6.07) is 13.2. The number of rotatable bonds is 7. The summed E-state index contributed by atoms with van der Waals surface area (Å²) in [6.07, 6.45) is -1.66. The lowest BCUT2D eigenvalue weighted by atomic mass is 10.0. The lowest BCUT2D eigenvalue weighted by Gasteiger charge is -2.36. The van der Waals surface area contributed by atoms with Crippen LogP contribution in [0.25, 0.3) is 0 Å². The van der Waals surface area contributed by atoms with Gasteiger partial charge in [0.1, 0.15) is 5.82 Å². The van der Waals surface area contributed by atoms with Gasteiger partial charge in [0, 0.05) is 37.4 Å². The van der Waals surface area contributed by atoms with Crippen molar-refractivity contribution in [1.29, 1.82) is 0 Å². The second-order valence-corrected chi connectivity index (χ2v) is 8.34. The van der Waals surface area contributed by atoms with Crippen molar-refractivity contribution in [2.24, 2.45) is 0 Å². The SMILES string of the molecule is CCOC(=O)[C@H]1O[C@@H]1C(=O)N[C@@H](C)c1ccc(C(=O)N2CCN(c3ccc(F)cc3)CC2)cc1. The van der Waals surface area contributed by atoms with Gasteiger partial charge < -0.3 is 24.6 Å². The Morgan fingerprint density at radius 2 is 1.68 bits per heavy atom. The predicted molar refractivity (Wildman–Crippen MR) is 123 cm³/mol. The van der Waals surface area contributed by atoms with Crippen LogP contribution in [-0.4, -0.2) is 67.7 Å². The molecule has 0 aliphatic carbocycles. The van der Waals surface area contributed by atoms with Gasteiger partial charge in [0.05, 0.1) is 12.6 Å². The van der Waals surface area contributed by atoms with Crippen LogP contribution in [0.2, 0.25) is 0 Å². The van der Waals surface area contributed by atoms with Crippen molar-refractivity contribution in [1.82, 2.24) is 10.2 Å². The number of nitrogens with zero attached hydrogens (tertiary/aromatic N) is 2. The number of hydrogen-bond donors (Lipinski definition) is 1. The number of ether oxygens (including phenoxy) is 2. The topological polar surface area (TPSA) is 91.5 Å². The van der Waals surface area contributed by atoms with Crippen LogP contribution in [0.3, 0.4) is 0 Å². The molecule has 2 amide bonds. The van der Waals surface area contributed by atoms with E-state index in [0.717, 1.165) is 11.3 Å². The number of carbonyl (C=O) groups excluding carboxylic acids is 3. The van der Waals surface area contributed by atoms with E-state index in [-0.39, 0.29) is 30.3 Å². The third kappa shape index (κ3) is 5.36. The molecular formula is C25H28FN3O5. The first-order chi connectivity index (χ1) is 16.4. The minimum atomic E-state index is -0.837. The summed E-state index contributed by atoms with van der Waals surface area (Å²) in [5, 5.41) is 2.82. The molecule has 0 bridgehead atoms. The molecule has 2 aliphatic rings. The van der Waals surface area contributed by atoms with Gasteiger partial charge in [0.2, 0.25) is 0 Å². The van der Waals surface area contributed by atoms with Crippen LogP contribution >= 0.6 is 0 Å². The maximum atomic E-state index is 13.1. The fraction of sp³-hybridized carbons (Fsp3) is 0.400. The molecule has 3 atom stereocenters. The van der Waals surface area contributed by atoms with Gasteiger partial charge in [-0.05, 0) is 55.8 Å². The lowest BCUT2D eigenvalue weighted by Crippen LogP contribution is -2.48. The van der Waals surface area contributed by atoms with Crippen LogP contribution in [0.15, 0.2) is 48.5 Å². The Morgan fingerprint density at radius 1 is 1.03 bits per heavy atom. The highest BCUT2D eigenvalue weighted by Gasteiger charge is 2.51. The second-order valence-electron chi connectivity index (χ2n) is 8.34. The molecule has 0 unspecified atom stereocenters. The summed E-state index contributed by atoms with van der Waals surface area (Å²) in [5.41, 5.74) is 2.35. The van der Waals surface area contributed by atoms with E-state index in [0.29, 0.717) is 31.7 Å². The fourth-order valence-corrected chi connectivity index (χ4v) is 4.01. The van der Waals surface area contributed by atoms with Crippen molar-refractivity contribution in [3.8, 4) is 0 Å². The van der Waals surface area contributed by atoms with E-state index in [1.807, 2.05) is 19.1 Å². The molecule has 2 saturated heterocycles. The van der Waals surface area contributed by atoms with Crippen molar-refractivity contribution >= 4 is 23.5 Å². The minimum absolute atomic E-state index is 0.0503. The molecule has 1 N–H and O–H groups in total. The number of halogens is 1. The van der Waals surface area contributed by atoms with E-state index in [1.165, 1.54) is 12.1 Å². The summed E-state index contributed by atoms with van der Waals surface area (Å²) in [7, 11) is 0. The molecule has 34 heavy (non-hydrogen) atoms. The Hall–Kier alpha value is -3.46. The molecule has 2 fully saturated rings. The molecule has 0 spiro atoms. The average molecular weight is 470 g/mol. The molecular weight excluding hydrogens is 441 g/mol. The van der Waals surface area contributed by atoms with E-state index < -0.39 is 18.2 Å². The first kappa shape index (κ1) is 23.7. The van der Waals surface area contributed by atoms with Gasteiger partial charge in [0.15, 0.2) is 12.2 Å². The third-order valence-electron chi connectivity index (χ3n) is 6.04. The molecule has 2 aromatic rings. The second kappa shape index (κ2) is 10.2. The van der Waals surface area contributed by atoms with E-state index >= 15 is 0 Å². The standard InChI is InChI=1S/C25H28FN3O5/c1-3-33-25(32)22-21(34-22)23(30)27-16(2)17-4-6-18(7-5-17)24(31)29-14-12-28(13-15-29)20-10-8-19(26)9-11-20/h4-11,16,21-22H,3,12-15H2,1-2H3,(H,27,30)/t16-,21-,22-/m0/s1. The van der Waals surface area contributed by atoms with Crippen molar-refractivity contribution < 1.29 is 28.2 Å². The minimum Gasteiger partial charge on any atom is -0.464 e. The first-order valence-corrected chi connectivity index (χ1v) is 11.4. The van der Waals surface area contributed by atoms with Crippen molar-refractivity contribution in [3.05, 3.63) is 65.5 Å². The Kier molecular flexibility index (Phi) is 7.12. The number of carbonyl (C=O) groups is 3. The van der Waals surface area contributed by atoms with Gasteiger partial charge in [-0.1, -0.05) is 12.1 Å². The third-order valence-corrected chi connectivity index (χ3v) is 6.04. The van der Waals surface area contributed by atoms with Gasteiger partial charge in [-0.3, -0.25) is 9.59 Å². The zero-order valence-electron chi connectivity index (χ0n) is 19.2. The maximum absolute atomic E-state index is 13.1. The number of epoxide rings is 1. The van der Waals surface area contributed by atoms with Crippen molar-refractivity contribution in [3.63, 3.8) is 0 Å². The van der Waals surface area contributed by atoms with E-state index in [2.05, 4.69) is 10.2 Å². The van der Waals surface area contributed by atoms with Gasteiger partial charge in [-0.25, -0.2) is 9.18 Å². The summed E-state index contributed by atoms with van der Waals surface area (Å²) >= 11 is 0. The maximum Gasteiger partial charge on any atom is 0.338 e. The normalized spacial score (nSPS) is 20.4. The number of esters is 1. The first-order valence-electron chi connectivity index (χ1n) is 11.4. The number of benzene rings is 2. The Balaban J connectivity index is 1.27. The monoisotopic (exact) mass is 469 g/mol. The summed E-state index contributed by atoms with van der Waals surface area (Å²) < 4.78 is 23.1. The quantitative estimate of drug-likeness (QED) is 0.494. The van der Waals surface area contributed by atoms with Crippen molar-refractivity contribution in [2.75, 3.05) is 37.7 Å². The molecule has 0 radical (unpaired) electrons. The highest BCUT2D eigenvalue weighted by atomic mass is 19.1.